The minimum Gasteiger partial charge on any atom is -0.382 e. The zero-order chi connectivity index (χ0) is 34.7. The maximum atomic E-state index is 5.72. The van der Waals surface area contributed by atoms with Gasteiger partial charge in [-0.25, -0.2) is 0 Å². The molecule has 0 aliphatic heterocycles. The van der Waals surface area contributed by atoms with Gasteiger partial charge in [0.1, 0.15) is 6.61 Å². The van der Waals surface area contributed by atoms with Gasteiger partial charge in [-0.2, -0.15) is 0 Å². The first-order chi connectivity index (χ1) is 24.9. The standard InChI is InChI=1S/C40H48O9S/c1-41-17-18-43-21-22-45-25-26-47-29-30-49-32-31-48-28-27-46-24-23-44-20-19-42-16-6-13-39-35-9-2-4-11-37(35)40(15-14-34-8-7-33-50-34)38-12-5-3-10-36(38)39/h2-5,7-12,33H,16-32H2,1H3. The van der Waals surface area contributed by atoms with Crippen LogP contribution in [0.5, 0.6) is 0 Å². The molecule has 0 atom stereocenters. The van der Waals surface area contributed by atoms with Gasteiger partial charge in [-0.05, 0) is 33.0 Å². The molecular weight excluding hydrogens is 656 g/mol. The fraction of sp³-hybridized carbons (Fsp3) is 0.450. The van der Waals surface area contributed by atoms with E-state index in [-0.39, 0.29) is 0 Å². The number of thiophene rings is 1. The lowest BCUT2D eigenvalue weighted by Gasteiger charge is -2.10. The molecule has 0 aliphatic carbocycles. The van der Waals surface area contributed by atoms with Crippen LogP contribution in [0.2, 0.25) is 0 Å². The highest BCUT2D eigenvalue weighted by atomic mass is 32.1. The highest BCUT2D eigenvalue weighted by Gasteiger charge is 2.11. The van der Waals surface area contributed by atoms with Gasteiger partial charge in [0.15, 0.2) is 0 Å². The Kier molecular flexibility index (Phi) is 20.2. The van der Waals surface area contributed by atoms with Gasteiger partial charge in [-0.1, -0.05) is 78.3 Å². The van der Waals surface area contributed by atoms with E-state index in [0.717, 1.165) is 37.5 Å². The van der Waals surface area contributed by atoms with Crippen LogP contribution in [-0.4, -0.2) is 119 Å². The molecule has 9 nitrogen and oxygen atoms in total. The topological polar surface area (TPSA) is 83.1 Å². The van der Waals surface area contributed by atoms with Gasteiger partial charge in [0.2, 0.25) is 0 Å². The van der Waals surface area contributed by atoms with Crippen molar-refractivity contribution < 1.29 is 42.6 Å². The third-order valence-corrected chi connectivity index (χ3v) is 7.97. The third-order valence-electron chi connectivity index (χ3n) is 7.19. The Balaban J connectivity index is 1.000. The maximum Gasteiger partial charge on any atom is 0.108 e. The summed E-state index contributed by atoms with van der Waals surface area (Å²) in [5.41, 5.74) is 2.02. The van der Waals surface area contributed by atoms with E-state index in [1.807, 2.05) is 41.8 Å². The fourth-order valence-corrected chi connectivity index (χ4v) is 5.37. The first kappa shape index (κ1) is 39.4. The minimum atomic E-state index is 0.317. The highest BCUT2D eigenvalue weighted by Crippen LogP contribution is 2.32. The molecular formula is C40H48O9S. The average molecular weight is 705 g/mol. The van der Waals surface area contributed by atoms with Crippen molar-refractivity contribution in [1.82, 2.24) is 0 Å². The predicted octanol–water partition coefficient (Wildman–Crippen LogP) is 5.59. The molecule has 0 aliphatic rings. The van der Waals surface area contributed by atoms with Crippen molar-refractivity contribution in [3.63, 3.8) is 0 Å². The van der Waals surface area contributed by atoms with Crippen molar-refractivity contribution in [1.29, 1.82) is 0 Å². The smallest absolute Gasteiger partial charge is 0.108 e. The Hall–Kier alpha value is -3.36. The van der Waals surface area contributed by atoms with E-state index >= 15 is 0 Å². The van der Waals surface area contributed by atoms with Gasteiger partial charge in [0.25, 0.3) is 0 Å². The Morgan fingerprint density at radius 2 is 0.800 bits per heavy atom. The van der Waals surface area contributed by atoms with Crippen molar-refractivity contribution in [2.75, 3.05) is 119 Å². The second kappa shape index (κ2) is 25.6. The van der Waals surface area contributed by atoms with Crippen molar-refractivity contribution in [2.45, 2.75) is 0 Å². The van der Waals surface area contributed by atoms with Crippen LogP contribution in [0.1, 0.15) is 16.0 Å². The number of methoxy groups -OCH3 is 1. The Morgan fingerprint density at radius 1 is 0.420 bits per heavy atom. The Labute approximate surface area is 300 Å². The van der Waals surface area contributed by atoms with Gasteiger partial charge in [-0.3, -0.25) is 0 Å². The zero-order valence-electron chi connectivity index (χ0n) is 29.0. The summed E-state index contributed by atoms with van der Waals surface area (Å²) >= 11 is 1.65. The summed E-state index contributed by atoms with van der Waals surface area (Å²) in [5.74, 6) is 13.4. The van der Waals surface area contributed by atoms with Crippen LogP contribution in [0.4, 0.5) is 0 Å². The molecule has 0 unspecified atom stereocenters. The zero-order valence-corrected chi connectivity index (χ0v) is 29.8. The van der Waals surface area contributed by atoms with Crippen LogP contribution in [-0.2, 0) is 42.6 Å². The quantitative estimate of drug-likeness (QED) is 0.0499. The highest BCUT2D eigenvalue weighted by molar-refractivity contribution is 7.10. The molecule has 0 radical (unpaired) electrons. The van der Waals surface area contributed by atoms with E-state index in [9.17, 15) is 0 Å². The lowest BCUT2D eigenvalue weighted by Crippen LogP contribution is -2.15. The molecule has 268 valence electrons. The molecule has 0 N–H and O–H groups in total. The van der Waals surface area contributed by atoms with E-state index in [0.29, 0.717) is 112 Å². The van der Waals surface area contributed by atoms with Crippen LogP contribution in [0.3, 0.4) is 0 Å². The van der Waals surface area contributed by atoms with Crippen molar-refractivity contribution in [3.8, 4) is 23.7 Å². The average Bonchev–Trinajstić information content (AvgIpc) is 3.67. The molecule has 0 amide bonds. The van der Waals surface area contributed by atoms with Crippen LogP contribution >= 0.6 is 11.3 Å². The van der Waals surface area contributed by atoms with Gasteiger partial charge in [-0.15, -0.1) is 11.3 Å². The van der Waals surface area contributed by atoms with E-state index in [1.54, 1.807) is 18.4 Å². The molecule has 0 fully saturated rings. The summed E-state index contributed by atoms with van der Waals surface area (Å²) in [5, 5.41) is 6.43. The van der Waals surface area contributed by atoms with E-state index in [2.05, 4.69) is 47.9 Å². The summed E-state index contributed by atoms with van der Waals surface area (Å²) in [6.45, 7) is 8.64. The molecule has 50 heavy (non-hydrogen) atoms. The number of ether oxygens (including phenoxy) is 9. The van der Waals surface area contributed by atoms with E-state index in [1.165, 1.54) is 0 Å². The third kappa shape index (κ3) is 14.9. The molecule has 0 spiro atoms. The van der Waals surface area contributed by atoms with E-state index in [4.69, 9.17) is 42.6 Å². The molecule has 0 saturated carbocycles. The van der Waals surface area contributed by atoms with Crippen LogP contribution in [0, 0.1) is 23.7 Å². The van der Waals surface area contributed by atoms with Crippen molar-refractivity contribution in [3.05, 3.63) is 82.0 Å². The molecule has 3 aromatic carbocycles. The maximum absolute atomic E-state index is 5.72. The van der Waals surface area contributed by atoms with Crippen LogP contribution in [0.25, 0.3) is 21.5 Å². The number of rotatable bonds is 25. The van der Waals surface area contributed by atoms with Crippen molar-refractivity contribution >= 4 is 32.9 Å². The second-order valence-electron chi connectivity index (χ2n) is 10.7. The summed E-state index contributed by atoms with van der Waals surface area (Å²) < 4.78 is 49.0. The molecule has 1 aromatic heterocycles. The van der Waals surface area contributed by atoms with Gasteiger partial charge in [0.05, 0.1) is 111 Å². The van der Waals surface area contributed by atoms with Gasteiger partial charge >= 0.3 is 0 Å². The molecule has 0 bridgehead atoms. The van der Waals surface area contributed by atoms with E-state index < -0.39 is 0 Å². The van der Waals surface area contributed by atoms with Gasteiger partial charge < -0.3 is 42.6 Å². The summed E-state index contributed by atoms with van der Waals surface area (Å²) in [6.07, 6.45) is 0. The second-order valence-corrected chi connectivity index (χ2v) is 11.6. The monoisotopic (exact) mass is 704 g/mol. The fourth-order valence-electron chi connectivity index (χ4n) is 4.80. The number of hydrogen-bond donors (Lipinski definition) is 0. The number of hydrogen-bond acceptors (Lipinski definition) is 10. The molecule has 0 saturated heterocycles. The number of benzene rings is 3. The van der Waals surface area contributed by atoms with Crippen molar-refractivity contribution in [2.24, 2.45) is 0 Å². The minimum absolute atomic E-state index is 0.317. The lowest BCUT2D eigenvalue weighted by molar-refractivity contribution is -0.0238. The van der Waals surface area contributed by atoms with Crippen LogP contribution in [0.15, 0.2) is 66.0 Å². The first-order valence-corrected chi connectivity index (χ1v) is 17.8. The largest absolute Gasteiger partial charge is 0.382 e. The lowest BCUT2D eigenvalue weighted by atomic mass is 9.92. The summed E-state index contributed by atoms with van der Waals surface area (Å²) in [4.78, 5) is 1.05. The summed E-state index contributed by atoms with van der Waals surface area (Å²) in [6, 6.07) is 20.7. The Bertz CT molecular complexity index is 1560. The Morgan fingerprint density at radius 3 is 1.18 bits per heavy atom. The first-order valence-electron chi connectivity index (χ1n) is 17.0. The number of fused-ring (bicyclic) bond motifs is 2. The van der Waals surface area contributed by atoms with Crippen LogP contribution < -0.4 is 0 Å². The molecule has 4 rings (SSSR count). The molecule has 4 aromatic rings. The summed E-state index contributed by atoms with van der Waals surface area (Å²) in [7, 11) is 1.65. The SMILES string of the molecule is COCCOCCOCCOCCOCCOCCOCCOCCOCC#Cc1c2ccccc2c(C#Cc2cccs2)c2ccccc12. The molecule has 1 heterocycles. The predicted molar refractivity (Wildman–Crippen MR) is 197 cm³/mol. The normalized spacial score (nSPS) is 11.1. The van der Waals surface area contributed by atoms with Gasteiger partial charge in [0, 0.05) is 18.2 Å². The molecule has 10 heteroatoms.